The molecular weight excluding hydrogens is 449 g/mol. The van der Waals surface area contributed by atoms with E-state index < -0.39 is 40.5 Å². The van der Waals surface area contributed by atoms with Crippen molar-refractivity contribution in [1.29, 1.82) is 0 Å². The Bertz CT molecular complexity index is 1340. The first-order valence-electron chi connectivity index (χ1n) is 11.2. The van der Waals surface area contributed by atoms with Gasteiger partial charge in [-0.3, -0.25) is 4.79 Å². The minimum Gasteiger partial charge on any atom is -0.477 e. The number of anilines is 1. The topological polar surface area (TPSA) is 82.8 Å². The number of aromatic nitrogens is 1. The summed E-state index contributed by atoms with van der Waals surface area (Å²) in [6, 6.07) is 3.82. The third-order valence-corrected chi connectivity index (χ3v) is 6.60. The van der Waals surface area contributed by atoms with Crippen molar-refractivity contribution < 1.29 is 28.2 Å². The highest BCUT2D eigenvalue weighted by molar-refractivity contribution is 5.96. The third-order valence-electron chi connectivity index (χ3n) is 6.60. The maximum Gasteiger partial charge on any atom is 0.341 e. The maximum absolute atomic E-state index is 15.5. The van der Waals surface area contributed by atoms with E-state index in [1.807, 2.05) is 11.8 Å². The molecule has 2 atom stereocenters. The van der Waals surface area contributed by atoms with E-state index in [2.05, 4.69) is 0 Å². The lowest BCUT2D eigenvalue weighted by Gasteiger charge is -2.38. The van der Waals surface area contributed by atoms with Gasteiger partial charge in [-0.15, -0.1) is 0 Å². The molecule has 9 heteroatoms. The molecule has 180 valence electrons. The SMILES string of the molecule is CCc1c(N2CCC(O)C(CC)C2)c(F)cc2c(=O)c(C(=O)O)cn(-c3ccc(F)cc3F)c12. The van der Waals surface area contributed by atoms with Gasteiger partial charge in [0.25, 0.3) is 0 Å². The summed E-state index contributed by atoms with van der Waals surface area (Å²) in [5.74, 6) is -4.08. The predicted molar refractivity (Wildman–Crippen MR) is 122 cm³/mol. The number of pyridine rings is 1. The molecule has 34 heavy (non-hydrogen) atoms. The lowest BCUT2D eigenvalue weighted by Crippen LogP contribution is -2.43. The van der Waals surface area contributed by atoms with Crippen molar-refractivity contribution in [2.45, 2.75) is 39.2 Å². The van der Waals surface area contributed by atoms with Crippen LogP contribution in [0.3, 0.4) is 0 Å². The molecule has 2 aromatic carbocycles. The van der Waals surface area contributed by atoms with Crippen LogP contribution in [0.2, 0.25) is 0 Å². The number of carboxylic acids is 1. The van der Waals surface area contributed by atoms with Crippen molar-refractivity contribution in [1.82, 2.24) is 4.57 Å². The van der Waals surface area contributed by atoms with Crippen LogP contribution in [0.25, 0.3) is 16.6 Å². The highest BCUT2D eigenvalue weighted by atomic mass is 19.1. The smallest absolute Gasteiger partial charge is 0.341 e. The summed E-state index contributed by atoms with van der Waals surface area (Å²) in [6.07, 6.45) is 1.89. The molecule has 4 rings (SSSR count). The molecule has 0 amide bonds. The van der Waals surface area contributed by atoms with Crippen LogP contribution in [0, 0.1) is 23.4 Å². The van der Waals surface area contributed by atoms with Crippen molar-refractivity contribution in [3.8, 4) is 5.69 Å². The second kappa shape index (κ2) is 9.13. The summed E-state index contributed by atoms with van der Waals surface area (Å²) in [7, 11) is 0. The molecule has 1 aromatic heterocycles. The second-order valence-corrected chi connectivity index (χ2v) is 8.55. The summed E-state index contributed by atoms with van der Waals surface area (Å²) < 4.78 is 45.1. The molecule has 2 heterocycles. The molecule has 6 nitrogen and oxygen atoms in total. The monoisotopic (exact) mass is 474 g/mol. The fourth-order valence-electron chi connectivity index (χ4n) is 4.85. The number of carboxylic acid groups (broad SMARTS) is 1. The van der Waals surface area contributed by atoms with Crippen molar-refractivity contribution >= 4 is 22.6 Å². The molecule has 3 aromatic rings. The van der Waals surface area contributed by atoms with Gasteiger partial charge < -0.3 is 19.7 Å². The Balaban J connectivity index is 2.08. The first kappa shape index (κ1) is 23.8. The standard InChI is InChI=1S/C25H25F3N2O4/c1-3-13-11-29(8-7-21(13)31)23-15(4-2)22-16(10-19(23)28)24(32)17(25(33)34)12-30(22)20-6-5-14(26)9-18(20)27/h5-6,9-10,12-13,21,31H,3-4,7-8,11H2,1-2H3,(H,33,34). The number of aryl methyl sites for hydroxylation is 1. The fourth-order valence-corrected chi connectivity index (χ4v) is 4.85. The first-order valence-corrected chi connectivity index (χ1v) is 11.2. The van der Waals surface area contributed by atoms with Gasteiger partial charge in [-0.1, -0.05) is 13.8 Å². The van der Waals surface area contributed by atoms with Crippen molar-refractivity contribution in [3.05, 3.63) is 69.3 Å². The minimum absolute atomic E-state index is 0.0697. The van der Waals surface area contributed by atoms with E-state index in [0.29, 0.717) is 37.6 Å². The molecule has 2 N–H and O–H groups in total. The number of carbonyl (C=O) groups is 1. The lowest BCUT2D eigenvalue weighted by atomic mass is 9.91. The van der Waals surface area contributed by atoms with Gasteiger partial charge in [0.15, 0.2) is 0 Å². The normalized spacial score (nSPS) is 18.5. The Labute approximate surface area is 193 Å². The average molecular weight is 474 g/mol. The van der Waals surface area contributed by atoms with E-state index in [1.54, 1.807) is 6.92 Å². The van der Waals surface area contributed by atoms with Crippen LogP contribution in [0.1, 0.15) is 42.6 Å². The number of fused-ring (bicyclic) bond motifs is 1. The van der Waals surface area contributed by atoms with Crippen LogP contribution >= 0.6 is 0 Å². The van der Waals surface area contributed by atoms with E-state index in [-0.39, 0.29) is 34.6 Å². The van der Waals surface area contributed by atoms with Gasteiger partial charge in [-0.25, -0.2) is 18.0 Å². The van der Waals surface area contributed by atoms with Gasteiger partial charge in [0, 0.05) is 36.8 Å². The van der Waals surface area contributed by atoms with Gasteiger partial charge in [0.1, 0.15) is 23.0 Å². The lowest BCUT2D eigenvalue weighted by molar-refractivity contribution is 0.0695. The van der Waals surface area contributed by atoms with Gasteiger partial charge in [-0.2, -0.15) is 0 Å². The van der Waals surface area contributed by atoms with Crippen LogP contribution in [0.5, 0.6) is 0 Å². The summed E-state index contributed by atoms with van der Waals surface area (Å²) in [5.41, 5.74) is -0.905. The first-order chi connectivity index (χ1) is 16.2. The Morgan fingerprint density at radius 3 is 2.50 bits per heavy atom. The molecule has 0 saturated carbocycles. The highest BCUT2D eigenvalue weighted by Crippen LogP contribution is 2.36. The van der Waals surface area contributed by atoms with E-state index in [4.69, 9.17) is 0 Å². The van der Waals surface area contributed by atoms with E-state index in [1.165, 1.54) is 4.57 Å². The zero-order chi connectivity index (χ0) is 24.7. The van der Waals surface area contributed by atoms with Crippen LogP contribution < -0.4 is 10.3 Å². The number of piperidine rings is 1. The number of aromatic carboxylic acids is 1. The van der Waals surface area contributed by atoms with E-state index in [9.17, 15) is 28.6 Å². The van der Waals surface area contributed by atoms with Crippen LogP contribution in [-0.4, -0.2) is 39.9 Å². The van der Waals surface area contributed by atoms with Gasteiger partial charge in [-0.05, 0) is 37.5 Å². The predicted octanol–water partition coefficient (Wildman–Crippen LogP) is 4.27. The van der Waals surface area contributed by atoms with Crippen LogP contribution in [0.4, 0.5) is 18.9 Å². The minimum atomic E-state index is -1.54. The Hall–Kier alpha value is -3.33. The summed E-state index contributed by atoms with van der Waals surface area (Å²) in [4.78, 5) is 26.5. The number of aliphatic hydroxyl groups excluding tert-OH is 1. The number of nitrogens with zero attached hydrogens (tertiary/aromatic N) is 2. The average Bonchev–Trinajstić information content (AvgIpc) is 2.79. The van der Waals surface area contributed by atoms with Gasteiger partial charge >= 0.3 is 5.97 Å². The zero-order valence-corrected chi connectivity index (χ0v) is 18.8. The van der Waals surface area contributed by atoms with Crippen molar-refractivity contribution in [3.63, 3.8) is 0 Å². The Morgan fingerprint density at radius 2 is 1.88 bits per heavy atom. The van der Waals surface area contributed by atoms with Crippen LogP contribution in [-0.2, 0) is 6.42 Å². The Morgan fingerprint density at radius 1 is 1.15 bits per heavy atom. The summed E-state index contributed by atoms with van der Waals surface area (Å²) >= 11 is 0. The number of halogens is 3. The van der Waals surface area contributed by atoms with Crippen molar-refractivity contribution in [2.24, 2.45) is 5.92 Å². The summed E-state index contributed by atoms with van der Waals surface area (Å²) in [6.45, 7) is 4.48. The van der Waals surface area contributed by atoms with Crippen LogP contribution in [0.15, 0.2) is 35.3 Å². The highest BCUT2D eigenvalue weighted by Gasteiger charge is 2.31. The number of hydrogen-bond donors (Lipinski definition) is 2. The van der Waals surface area contributed by atoms with Gasteiger partial charge in [0.2, 0.25) is 5.43 Å². The molecule has 0 radical (unpaired) electrons. The quantitative estimate of drug-likeness (QED) is 0.577. The molecule has 0 aliphatic carbocycles. The molecule has 0 bridgehead atoms. The van der Waals surface area contributed by atoms with Gasteiger partial charge in [0.05, 0.1) is 28.4 Å². The molecule has 1 fully saturated rings. The van der Waals surface area contributed by atoms with E-state index in [0.717, 1.165) is 24.4 Å². The van der Waals surface area contributed by atoms with E-state index >= 15 is 4.39 Å². The zero-order valence-electron chi connectivity index (χ0n) is 18.8. The van der Waals surface area contributed by atoms with Crippen molar-refractivity contribution in [2.75, 3.05) is 18.0 Å². The molecule has 2 unspecified atom stereocenters. The molecular formula is C25H25F3N2O4. The molecule has 1 aliphatic heterocycles. The fraction of sp³-hybridized carbons (Fsp3) is 0.360. The Kier molecular flexibility index (Phi) is 6.40. The third kappa shape index (κ3) is 3.94. The second-order valence-electron chi connectivity index (χ2n) is 8.55. The summed E-state index contributed by atoms with van der Waals surface area (Å²) in [5, 5.41) is 19.6. The maximum atomic E-state index is 15.5. The number of hydrogen-bond acceptors (Lipinski definition) is 4. The molecule has 1 aliphatic rings. The largest absolute Gasteiger partial charge is 0.477 e. The number of aliphatic hydroxyl groups is 1. The number of benzene rings is 2. The molecule has 0 spiro atoms. The molecule has 1 saturated heterocycles. The number of rotatable bonds is 5.